The summed E-state index contributed by atoms with van der Waals surface area (Å²) in [4.78, 5) is 24.7. The van der Waals surface area contributed by atoms with E-state index >= 15 is 0 Å². The number of hydrogen-bond donors (Lipinski definition) is 5. The van der Waals surface area contributed by atoms with E-state index in [4.69, 9.17) is 4.74 Å². The lowest BCUT2D eigenvalue weighted by Crippen LogP contribution is -2.33. The highest BCUT2D eigenvalue weighted by atomic mass is 16.6. The fourth-order valence-electron chi connectivity index (χ4n) is 4.21. The Morgan fingerprint density at radius 3 is 2.66 bits per heavy atom. The second kappa shape index (κ2) is 8.09. The molecule has 5 rings (SSSR count). The number of hydrogen-bond acceptors (Lipinski definition) is 10. The molecule has 0 spiro atoms. The Morgan fingerprint density at radius 2 is 2.00 bits per heavy atom. The van der Waals surface area contributed by atoms with Crippen LogP contribution < -0.4 is 5.32 Å². The molecule has 0 amide bonds. The zero-order chi connectivity index (χ0) is 22.4. The predicted molar refractivity (Wildman–Crippen MR) is 108 cm³/mol. The van der Waals surface area contributed by atoms with Gasteiger partial charge in [-0.3, -0.25) is 4.57 Å². The van der Waals surface area contributed by atoms with Gasteiger partial charge in [-0.15, -0.1) is 0 Å². The molecule has 32 heavy (non-hydrogen) atoms. The van der Waals surface area contributed by atoms with Gasteiger partial charge in [0.2, 0.25) is 0 Å². The molecule has 170 valence electrons. The third-order valence-electron chi connectivity index (χ3n) is 5.93. The van der Waals surface area contributed by atoms with Crippen molar-refractivity contribution in [3.63, 3.8) is 0 Å². The molecular formula is C19H23N7O6. The van der Waals surface area contributed by atoms with Crippen LogP contribution in [0, 0.1) is 0 Å². The topological polar surface area (TPSA) is 181 Å². The SMILES string of the molecule is O=C(O)c1cnn(-c2nc(NC3CCCC3)c3ncn(C4O[C@H](CO)[C@@H](O)[C@H]4O)c3n2)c1. The van der Waals surface area contributed by atoms with Gasteiger partial charge >= 0.3 is 5.97 Å². The van der Waals surface area contributed by atoms with Gasteiger partial charge in [0, 0.05) is 12.2 Å². The highest BCUT2D eigenvalue weighted by Gasteiger charge is 2.44. The Labute approximate surface area is 181 Å². The molecule has 2 aliphatic rings. The molecule has 4 atom stereocenters. The number of carboxylic acids is 1. The van der Waals surface area contributed by atoms with Crippen LogP contribution >= 0.6 is 0 Å². The van der Waals surface area contributed by atoms with Gasteiger partial charge in [-0.25, -0.2) is 14.5 Å². The molecular weight excluding hydrogens is 422 g/mol. The first-order chi connectivity index (χ1) is 15.5. The van der Waals surface area contributed by atoms with Crippen molar-refractivity contribution >= 4 is 23.0 Å². The lowest BCUT2D eigenvalue weighted by molar-refractivity contribution is -0.0511. The summed E-state index contributed by atoms with van der Waals surface area (Å²) in [6.07, 6.45) is 3.56. The quantitative estimate of drug-likeness (QED) is 0.335. The number of nitrogens with one attached hydrogen (secondary N) is 1. The van der Waals surface area contributed by atoms with E-state index in [2.05, 4.69) is 25.4 Å². The summed E-state index contributed by atoms with van der Waals surface area (Å²) in [5.41, 5.74) is 0.720. The molecule has 0 radical (unpaired) electrons. The normalized spacial score (nSPS) is 26.2. The number of aliphatic hydroxyl groups is 3. The summed E-state index contributed by atoms with van der Waals surface area (Å²) < 4.78 is 8.35. The molecule has 1 aliphatic heterocycles. The van der Waals surface area contributed by atoms with Crippen LogP contribution in [0.15, 0.2) is 18.7 Å². The van der Waals surface area contributed by atoms with E-state index < -0.39 is 37.1 Å². The summed E-state index contributed by atoms with van der Waals surface area (Å²) >= 11 is 0. The van der Waals surface area contributed by atoms with E-state index in [1.54, 1.807) is 0 Å². The Hall–Kier alpha value is -3.13. The highest BCUT2D eigenvalue weighted by Crippen LogP contribution is 2.33. The van der Waals surface area contributed by atoms with Crippen molar-refractivity contribution in [3.8, 4) is 5.95 Å². The fourth-order valence-corrected chi connectivity index (χ4v) is 4.21. The average Bonchev–Trinajstić information content (AvgIpc) is 3.56. The molecule has 2 fully saturated rings. The number of aromatic nitrogens is 6. The lowest BCUT2D eigenvalue weighted by Gasteiger charge is -2.18. The van der Waals surface area contributed by atoms with Crippen LogP contribution in [0.2, 0.25) is 0 Å². The van der Waals surface area contributed by atoms with E-state index in [0.717, 1.165) is 25.7 Å². The van der Waals surface area contributed by atoms with Crippen molar-refractivity contribution in [3.05, 3.63) is 24.3 Å². The molecule has 1 saturated carbocycles. The molecule has 3 aromatic rings. The van der Waals surface area contributed by atoms with Crippen molar-refractivity contribution in [2.45, 2.75) is 56.3 Å². The molecule has 0 bridgehead atoms. The van der Waals surface area contributed by atoms with Crippen LogP contribution in [-0.2, 0) is 4.74 Å². The van der Waals surface area contributed by atoms with E-state index in [9.17, 15) is 25.2 Å². The molecule has 3 aromatic heterocycles. The third kappa shape index (κ3) is 3.48. The van der Waals surface area contributed by atoms with Crippen molar-refractivity contribution < 1.29 is 30.0 Å². The maximum absolute atomic E-state index is 11.3. The molecule has 0 aromatic carbocycles. The number of anilines is 1. The molecule has 13 heteroatoms. The second-order valence-corrected chi connectivity index (χ2v) is 8.03. The maximum Gasteiger partial charge on any atom is 0.338 e. The lowest BCUT2D eigenvalue weighted by atomic mass is 10.1. The van der Waals surface area contributed by atoms with Gasteiger partial charge in [0.1, 0.15) is 18.3 Å². The van der Waals surface area contributed by atoms with Gasteiger partial charge in [0.25, 0.3) is 5.95 Å². The molecule has 1 aliphatic carbocycles. The number of fused-ring (bicyclic) bond motifs is 1. The van der Waals surface area contributed by atoms with Crippen LogP contribution in [0.3, 0.4) is 0 Å². The number of nitrogens with zero attached hydrogens (tertiary/aromatic N) is 6. The minimum Gasteiger partial charge on any atom is -0.478 e. The summed E-state index contributed by atoms with van der Waals surface area (Å²) in [6, 6.07) is 0.215. The van der Waals surface area contributed by atoms with Gasteiger partial charge in [0.05, 0.1) is 24.7 Å². The number of rotatable bonds is 6. The molecule has 1 unspecified atom stereocenters. The number of ether oxygens (including phenoxy) is 1. The van der Waals surface area contributed by atoms with Crippen LogP contribution in [-0.4, -0.2) is 86.7 Å². The van der Waals surface area contributed by atoms with E-state index in [1.165, 1.54) is 28.0 Å². The first-order valence-corrected chi connectivity index (χ1v) is 10.4. The summed E-state index contributed by atoms with van der Waals surface area (Å²) in [6.45, 7) is -0.457. The van der Waals surface area contributed by atoms with E-state index in [0.29, 0.717) is 17.0 Å². The van der Waals surface area contributed by atoms with Crippen LogP contribution in [0.4, 0.5) is 5.82 Å². The molecule has 1 saturated heterocycles. The van der Waals surface area contributed by atoms with Crippen molar-refractivity contribution in [1.82, 2.24) is 29.3 Å². The van der Waals surface area contributed by atoms with Gasteiger partial charge in [-0.1, -0.05) is 12.8 Å². The summed E-state index contributed by atoms with van der Waals surface area (Å²) in [5, 5.41) is 46.7. The maximum atomic E-state index is 11.3. The second-order valence-electron chi connectivity index (χ2n) is 8.03. The average molecular weight is 445 g/mol. The molecule has 5 N–H and O–H groups in total. The van der Waals surface area contributed by atoms with Crippen LogP contribution in [0.5, 0.6) is 0 Å². The Balaban J connectivity index is 1.61. The van der Waals surface area contributed by atoms with Crippen LogP contribution in [0.1, 0.15) is 42.3 Å². The van der Waals surface area contributed by atoms with Crippen molar-refractivity contribution in [1.29, 1.82) is 0 Å². The highest BCUT2D eigenvalue weighted by molar-refractivity contribution is 5.87. The Bertz CT molecular complexity index is 1140. The standard InChI is InChI=1S/C19H23N7O6/c27-7-11-13(28)14(29)17(32-11)25-8-20-12-15(22-10-3-1-2-4-10)23-19(24-16(12)25)26-6-9(5-21-26)18(30)31/h5-6,8,10-11,13-14,17,27-29H,1-4,7H2,(H,30,31)(H,22,23,24)/t11-,13-,14-,17?/m1/s1. The van der Waals surface area contributed by atoms with Crippen molar-refractivity contribution in [2.24, 2.45) is 0 Å². The largest absolute Gasteiger partial charge is 0.478 e. The van der Waals surface area contributed by atoms with Crippen LogP contribution in [0.25, 0.3) is 17.1 Å². The minimum atomic E-state index is -1.31. The zero-order valence-electron chi connectivity index (χ0n) is 16.9. The van der Waals surface area contributed by atoms with Gasteiger partial charge in [-0.05, 0) is 12.8 Å². The van der Waals surface area contributed by atoms with E-state index in [-0.39, 0.29) is 17.6 Å². The summed E-state index contributed by atoms with van der Waals surface area (Å²) in [5.74, 6) is -0.563. The predicted octanol–water partition coefficient (Wildman–Crippen LogP) is -0.324. The smallest absolute Gasteiger partial charge is 0.338 e. The Kier molecular flexibility index (Phi) is 5.25. The fraction of sp³-hybridized carbons (Fsp3) is 0.526. The van der Waals surface area contributed by atoms with Crippen molar-refractivity contribution in [2.75, 3.05) is 11.9 Å². The number of carbonyl (C=O) groups is 1. The zero-order valence-corrected chi connectivity index (χ0v) is 16.9. The van der Waals surface area contributed by atoms with Gasteiger partial charge < -0.3 is 30.5 Å². The first kappa shape index (κ1) is 20.8. The first-order valence-electron chi connectivity index (χ1n) is 10.4. The molecule has 4 heterocycles. The number of imidazole rings is 1. The third-order valence-corrected chi connectivity index (χ3v) is 5.93. The number of carboxylic acid groups (broad SMARTS) is 1. The summed E-state index contributed by atoms with van der Waals surface area (Å²) in [7, 11) is 0. The van der Waals surface area contributed by atoms with Gasteiger partial charge in [0.15, 0.2) is 23.2 Å². The number of aromatic carboxylic acids is 1. The Morgan fingerprint density at radius 1 is 1.22 bits per heavy atom. The minimum absolute atomic E-state index is 0.0176. The van der Waals surface area contributed by atoms with Gasteiger partial charge in [-0.2, -0.15) is 15.1 Å². The van der Waals surface area contributed by atoms with E-state index in [1.807, 2.05) is 0 Å². The molecule has 13 nitrogen and oxygen atoms in total. The monoisotopic (exact) mass is 445 g/mol. The number of aliphatic hydroxyl groups excluding tert-OH is 3.